The maximum Gasteiger partial charge on any atom is 0.217 e. The van der Waals surface area contributed by atoms with Gasteiger partial charge < -0.3 is 10.2 Å². The molecule has 0 bridgehead atoms. The summed E-state index contributed by atoms with van der Waals surface area (Å²) in [6, 6.07) is 0.173. The fourth-order valence-corrected chi connectivity index (χ4v) is 2.34. The van der Waals surface area contributed by atoms with E-state index >= 15 is 0 Å². The Morgan fingerprint density at radius 1 is 1.65 bits per heavy atom. The molecular formula is C11H15ClN4O. The molecule has 1 unspecified atom stereocenters. The summed E-state index contributed by atoms with van der Waals surface area (Å²) < 4.78 is 0. The van der Waals surface area contributed by atoms with Crippen molar-refractivity contribution in [3.63, 3.8) is 0 Å². The molecule has 0 aliphatic carbocycles. The van der Waals surface area contributed by atoms with Crippen molar-refractivity contribution in [3.05, 3.63) is 17.5 Å². The average Bonchev–Trinajstić information content (AvgIpc) is 2.29. The smallest absolute Gasteiger partial charge is 0.217 e. The van der Waals surface area contributed by atoms with E-state index < -0.39 is 0 Å². The van der Waals surface area contributed by atoms with Crippen LogP contribution in [0.5, 0.6) is 0 Å². The summed E-state index contributed by atoms with van der Waals surface area (Å²) in [5.41, 5.74) is 0. The number of rotatable bonds is 2. The molecule has 1 N–H and O–H groups in total. The Morgan fingerprint density at radius 3 is 3.18 bits per heavy atom. The molecule has 1 fully saturated rings. The first-order valence-corrected chi connectivity index (χ1v) is 6.02. The number of nitrogens with one attached hydrogen (secondary N) is 1. The summed E-state index contributed by atoms with van der Waals surface area (Å²) in [7, 11) is 0. The minimum absolute atomic E-state index is 0.00522. The molecule has 5 nitrogen and oxygen atoms in total. The van der Waals surface area contributed by atoms with E-state index in [9.17, 15) is 4.79 Å². The lowest BCUT2D eigenvalue weighted by atomic mass is 10.1. The number of halogens is 1. The van der Waals surface area contributed by atoms with Crippen molar-refractivity contribution in [1.29, 1.82) is 0 Å². The molecule has 92 valence electrons. The molecule has 6 heteroatoms. The molecule has 1 aliphatic heterocycles. The Bertz CT molecular complexity index is 412. The van der Waals surface area contributed by atoms with E-state index in [1.807, 2.05) is 0 Å². The number of carbonyl (C=O) groups excluding carboxylic acids is 1. The third kappa shape index (κ3) is 3.06. The second-order valence-electron chi connectivity index (χ2n) is 4.18. The van der Waals surface area contributed by atoms with Gasteiger partial charge in [-0.3, -0.25) is 4.79 Å². The molecule has 0 spiro atoms. The quantitative estimate of drug-likeness (QED) is 0.863. The highest BCUT2D eigenvalue weighted by molar-refractivity contribution is 6.32. The zero-order chi connectivity index (χ0) is 12.3. The van der Waals surface area contributed by atoms with Crippen molar-refractivity contribution in [2.24, 2.45) is 0 Å². The number of piperidine rings is 1. The van der Waals surface area contributed by atoms with Gasteiger partial charge in [0.25, 0.3) is 0 Å². The van der Waals surface area contributed by atoms with Crippen LogP contribution in [-0.2, 0) is 4.79 Å². The number of aromatic nitrogens is 2. The molecule has 2 heterocycles. The van der Waals surface area contributed by atoms with Crippen LogP contribution in [0.3, 0.4) is 0 Å². The predicted octanol–water partition coefficient (Wildman–Crippen LogP) is 1.23. The Kier molecular flexibility index (Phi) is 3.78. The van der Waals surface area contributed by atoms with Crippen molar-refractivity contribution in [1.82, 2.24) is 15.3 Å². The van der Waals surface area contributed by atoms with Gasteiger partial charge in [0.2, 0.25) is 5.91 Å². The van der Waals surface area contributed by atoms with E-state index in [1.54, 1.807) is 6.20 Å². The highest BCUT2D eigenvalue weighted by atomic mass is 35.5. The van der Waals surface area contributed by atoms with Crippen molar-refractivity contribution in [3.8, 4) is 0 Å². The van der Waals surface area contributed by atoms with Gasteiger partial charge in [0.1, 0.15) is 11.3 Å². The van der Waals surface area contributed by atoms with Crippen LogP contribution in [-0.4, -0.2) is 35.0 Å². The summed E-state index contributed by atoms with van der Waals surface area (Å²) in [5.74, 6) is 0.752. The van der Waals surface area contributed by atoms with Crippen molar-refractivity contribution >= 4 is 23.3 Å². The number of hydrogen-bond donors (Lipinski definition) is 1. The first kappa shape index (κ1) is 12.1. The lowest BCUT2D eigenvalue weighted by Crippen LogP contribution is -2.47. The summed E-state index contributed by atoms with van der Waals surface area (Å²) in [6.07, 6.45) is 5.10. The van der Waals surface area contributed by atoms with E-state index in [2.05, 4.69) is 20.2 Å². The second-order valence-corrected chi connectivity index (χ2v) is 4.59. The van der Waals surface area contributed by atoms with Crippen molar-refractivity contribution < 1.29 is 4.79 Å². The SMILES string of the molecule is CC(=O)NC1CCCN(c2ncncc2Cl)C1. The lowest BCUT2D eigenvalue weighted by molar-refractivity contribution is -0.119. The van der Waals surface area contributed by atoms with Crippen LogP contribution >= 0.6 is 11.6 Å². The summed E-state index contributed by atoms with van der Waals surface area (Å²) in [5, 5.41) is 3.49. The Hall–Kier alpha value is -1.36. The zero-order valence-electron chi connectivity index (χ0n) is 9.69. The van der Waals surface area contributed by atoms with Crippen LogP contribution in [0, 0.1) is 0 Å². The number of nitrogens with zero attached hydrogens (tertiary/aromatic N) is 3. The van der Waals surface area contributed by atoms with Crippen LogP contribution in [0.4, 0.5) is 5.82 Å². The molecule has 1 aliphatic rings. The third-order valence-corrected chi connectivity index (χ3v) is 3.04. The van der Waals surface area contributed by atoms with Crippen LogP contribution in [0.25, 0.3) is 0 Å². The van der Waals surface area contributed by atoms with Gasteiger partial charge in [0.05, 0.1) is 6.20 Å². The minimum Gasteiger partial charge on any atom is -0.353 e. The molecule has 1 atom stereocenters. The molecular weight excluding hydrogens is 240 g/mol. The highest BCUT2D eigenvalue weighted by Crippen LogP contribution is 2.24. The molecule has 0 saturated carbocycles. The van der Waals surface area contributed by atoms with Crippen molar-refractivity contribution in [2.75, 3.05) is 18.0 Å². The molecule has 0 aromatic carbocycles. The molecule has 1 aromatic rings. The summed E-state index contributed by atoms with van der Waals surface area (Å²) in [6.45, 7) is 3.19. The maximum atomic E-state index is 11.0. The van der Waals surface area contributed by atoms with Gasteiger partial charge in [0, 0.05) is 26.1 Å². The molecule has 17 heavy (non-hydrogen) atoms. The largest absolute Gasteiger partial charge is 0.353 e. The topological polar surface area (TPSA) is 58.1 Å². The molecule has 1 aromatic heterocycles. The predicted molar refractivity (Wildman–Crippen MR) is 66.1 cm³/mol. The third-order valence-electron chi connectivity index (χ3n) is 2.78. The van der Waals surface area contributed by atoms with E-state index in [0.717, 1.165) is 31.7 Å². The van der Waals surface area contributed by atoms with E-state index in [1.165, 1.54) is 13.3 Å². The average molecular weight is 255 g/mol. The lowest BCUT2D eigenvalue weighted by Gasteiger charge is -2.34. The van der Waals surface area contributed by atoms with Crippen LogP contribution in [0.2, 0.25) is 5.02 Å². The number of anilines is 1. The van der Waals surface area contributed by atoms with Gasteiger partial charge in [-0.2, -0.15) is 0 Å². The highest BCUT2D eigenvalue weighted by Gasteiger charge is 2.22. The van der Waals surface area contributed by atoms with Crippen LogP contribution in [0.1, 0.15) is 19.8 Å². The number of carbonyl (C=O) groups is 1. The second kappa shape index (κ2) is 5.31. The van der Waals surface area contributed by atoms with Crippen LogP contribution < -0.4 is 10.2 Å². The van der Waals surface area contributed by atoms with E-state index in [0.29, 0.717) is 5.02 Å². The molecule has 2 rings (SSSR count). The van der Waals surface area contributed by atoms with Gasteiger partial charge >= 0.3 is 0 Å². The number of amides is 1. The van der Waals surface area contributed by atoms with Crippen molar-refractivity contribution in [2.45, 2.75) is 25.8 Å². The van der Waals surface area contributed by atoms with Gasteiger partial charge in [-0.25, -0.2) is 9.97 Å². The van der Waals surface area contributed by atoms with Gasteiger partial charge in [-0.05, 0) is 12.8 Å². The zero-order valence-corrected chi connectivity index (χ0v) is 10.4. The molecule has 1 saturated heterocycles. The number of hydrogen-bond acceptors (Lipinski definition) is 4. The first-order chi connectivity index (χ1) is 8.16. The Labute approximate surface area is 105 Å². The summed E-state index contributed by atoms with van der Waals surface area (Å²) >= 11 is 6.06. The first-order valence-electron chi connectivity index (χ1n) is 5.64. The van der Waals surface area contributed by atoms with Crippen LogP contribution in [0.15, 0.2) is 12.5 Å². The fraction of sp³-hybridized carbons (Fsp3) is 0.545. The monoisotopic (exact) mass is 254 g/mol. The normalized spacial score (nSPS) is 20.1. The van der Waals surface area contributed by atoms with E-state index in [4.69, 9.17) is 11.6 Å². The Morgan fingerprint density at radius 2 is 2.47 bits per heavy atom. The Balaban J connectivity index is 2.07. The molecule has 0 radical (unpaired) electrons. The standard InChI is InChI=1S/C11H15ClN4O/c1-8(17)15-9-3-2-4-16(6-9)11-10(12)5-13-7-14-11/h5,7,9H,2-4,6H2,1H3,(H,15,17). The van der Waals surface area contributed by atoms with E-state index in [-0.39, 0.29) is 11.9 Å². The van der Waals surface area contributed by atoms with Gasteiger partial charge in [0.15, 0.2) is 5.82 Å². The van der Waals surface area contributed by atoms with Gasteiger partial charge in [-0.15, -0.1) is 0 Å². The maximum absolute atomic E-state index is 11.0. The van der Waals surface area contributed by atoms with Gasteiger partial charge in [-0.1, -0.05) is 11.6 Å². The minimum atomic E-state index is 0.00522. The fourth-order valence-electron chi connectivity index (χ4n) is 2.11. The summed E-state index contributed by atoms with van der Waals surface area (Å²) in [4.78, 5) is 21.2. The molecule has 1 amide bonds.